The van der Waals surface area contributed by atoms with E-state index in [4.69, 9.17) is 10.5 Å². The number of likely N-dealkylation sites (N-methyl/N-ethyl adjacent to an activating group) is 1. The molecule has 0 aliphatic rings. The first-order valence-corrected chi connectivity index (χ1v) is 5.18. The maximum absolute atomic E-state index is 12.1. The van der Waals surface area contributed by atoms with E-state index < -0.39 is 0 Å². The van der Waals surface area contributed by atoms with Gasteiger partial charge in [-0.05, 0) is 13.0 Å². The Bertz CT molecular complexity index is 355. The molecule has 0 saturated heterocycles. The topological polar surface area (TPSA) is 68.5 Å². The summed E-state index contributed by atoms with van der Waals surface area (Å²) in [7, 11) is 1.61. The zero-order valence-corrected chi connectivity index (χ0v) is 9.64. The lowest BCUT2D eigenvalue weighted by atomic mass is 10.2. The Kier molecular flexibility index (Phi) is 4.72. The third-order valence-electron chi connectivity index (χ3n) is 2.32. The van der Waals surface area contributed by atoms with Gasteiger partial charge in [0.15, 0.2) is 0 Å². The molecule has 1 aromatic heterocycles. The monoisotopic (exact) mass is 223 g/mol. The molecule has 0 atom stereocenters. The number of carbonyl (C=O) groups is 1. The van der Waals surface area contributed by atoms with Gasteiger partial charge in [0.1, 0.15) is 0 Å². The van der Waals surface area contributed by atoms with Crippen LogP contribution < -0.4 is 5.73 Å². The number of amides is 1. The zero-order valence-electron chi connectivity index (χ0n) is 9.64. The summed E-state index contributed by atoms with van der Waals surface area (Å²) < 4.78 is 4.95. The van der Waals surface area contributed by atoms with Crippen LogP contribution in [0.2, 0.25) is 0 Å². The highest BCUT2D eigenvalue weighted by molar-refractivity contribution is 5.98. The number of rotatable bonds is 5. The maximum atomic E-state index is 12.1. The van der Waals surface area contributed by atoms with Crippen LogP contribution in [0, 0.1) is 0 Å². The highest BCUT2D eigenvalue weighted by Gasteiger charge is 2.15. The lowest BCUT2D eigenvalue weighted by Gasteiger charge is -2.20. The predicted octanol–water partition coefficient (Wildman–Crippen LogP) is 0.772. The lowest BCUT2D eigenvalue weighted by Crippen LogP contribution is -2.34. The standard InChI is InChI=1S/C11H17N3O2/c1-3-14(6-7-16-2)11(15)9-4-5-13-8-10(9)12/h4-5,8H,3,6-7,12H2,1-2H3. The lowest BCUT2D eigenvalue weighted by molar-refractivity contribution is 0.0707. The van der Waals surface area contributed by atoms with Crippen molar-refractivity contribution in [2.45, 2.75) is 6.92 Å². The van der Waals surface area contributed by atoms with Crippen LogP contribution in [0.1, 0.15) is 17.3 Å². The number of ether oxygens (including phenoxy) is 1. The first-order chi connectivity index (χ1) is 7.70. The minimum Gasteiger partial charge on any atom is -0.397 e. The fourth-order valence-corrected chi connectivity index (χ4v) is 1.38. The van der Waals surface area contributed by atoms with Gasteiger partial charge in [-0.3, -0.25) is 9.78 Å². The molecular formula is C11H17N3O2. The summed E-state index contributed by atoms with van der Waals surface area (Å²) in [6.45, 7) is 3.63. The molecule has 0 radical (unpaired) electrons. The molecule has 16 heavy (non-hydrogen) atoms. The van der Waals surface area contributed by atoms with Gasteiger partial charge in [-0.15, -0.1) is 0 Å². The second-order valence-electron chi connectivity index (χ2n) is 3.34. The van der Waals surface area contributed by atoms with Gasteiger partial charge in [0.05, 0.1) is 24.1 Å². The first kappa shape index (κ1) is 12.4. The molecular weight excluding hydrogens is 206 g/mol. The van der Waals surface area contributed by atoms with Crippen LogP contribution >= 0.6 is 0 Å². The van der Waals surface area contributed by atoms with Gasteiger partial charge < -0.3 is 15.4 Å². The predicted molar refractivity (Wildman–Crippen MR) is 62.1 cm³/mol. The van der Waals surface area contributed by atoms with E-state index in [9.17, 15) is 4.79 Å². The number of aromatic nitrogens is 1. The largest absolute Gasteiger partial charge is 0.397 e. The Balaban J connectivity index is 2.79. The number of nitrogens with zero attached hydrogens (tertiary/aromatic N) is 2. The van der Waals surface area contributed by atoms with Crippen LogP contribution in [0.15, 0.2) is 18.5 Å². The molecule has 0 unspecified atom stereocenters. The molecule has 1 amide bonds. The average Bonchev–Trinajstić information content (AvgIpc) is 2.30. The van der Waals surface area contributed by atoms with E-state index >= 15 is 0 Å². The van der Waals surface area contributed by atoms with Gasteiger partial charge in [0.2, 0.25) is 0 Å². The van der Waals surface area contributed by atoms with Crippen LogP contribution in [0.5, 0.6) is 0 Å². The Hall–Kier alpha value is -1.62. The van der Waals surface area contributed by atoms with Crippen LogP contribution in [0.3, 0.4) is 0 Å². The summed E-state index contributed by atoms with van der Waals surface area (Å²) >= 11 is 0. The van der Waals surface area contributed by atoms with E-state index in [1.165, 1.54) is 6.20 Å². The van der Waals surface area contributed by atoms with Crippen molar-refractivity contribution in [2.24, 2.45) is 0 Å². The number of hydrogen-bond acceptors (Lipinski definition) is 4. The van der Waals surface area contributed by atoms with Crippen molar-refractivity contribution in [3.8, 4) is 0 Å². The number of methoxy groups -OCH3 is 1. The summed E-state index contributed by atoms with van der Waals surface area (Å²) in [6, 6.07) is 1.63. The molecule has 0 saturated carbocycles. The van der Waals surface area contributed by atoms with Crippen molar-refractivity contribution in [1.29, 1.82) is 0 Å². The summed E-state index contributed by atoms with van der Waals surface area (Å²) in [5.74, 6) is -0.0838. The molecule has 0 aliphatic carbocycles. The number of nitrogen functional groups attached to an aromatic ring is 1. The van der Waals surface area contributed by atoms with E-state index in [1.54, 1.807) is 24.3 Å². The Morgan fingerprint density at radius 1 is 1.62 bits per heavy atom. The molecule has 5 heteroatoms. The number of nitrogens with two attached hydrogens (primary N) is 1. The number of carbonyl (C=O) groups excluding carboxylic acids is 1. The van der Waals surface area contributed by atoms with Crippen LogP contribution in [-0.4, -0.2) is 42.6 Å². The molecule has 0 bridgehead atoms. The second kappa shape index (κ2) is 6.07. The second-order valence-corrected chi connectivity index (χ2v) is 3.34. The zero-order chi connectivity index (χ0) is 12.0. The smallest absolute Gasteiger partial charge is 0.256 e. The van der Waals surface area contributed by atoms with Crippen molar-refractivity contribution in [1.82, 2.24) is 9.88 Å². The van der Waals surface area contributed by atoms with Crippen molar-refractivity contribution in [2.75, 3.05) is 32.5 Å². The molecule has 0 aromatic carbocycles. The molecule has 5 nitrogen and oxygen atoms in total. The van der Waals surface area contributed by atoms with E-state index in [1.807, 2.05) is 6.92 Å². The maximum Gasteiger partial charge on any atom is 0.256 e. The van der Waals surface area contributed by atoms with Crippen molar-refractivity contribution in [3.63, 3.8) is 0 Å². The van der Waals surface area contributed by atoms with Crippen LogP contribution in [0.25, 0.3) is 0 Å². The van der Waals surface area contributed by atoms with Gasteiger partial charge in [-0.2, -0.15) is 0 Å². The molecule has 1 rings (SSSR count). The summed E-state index contributed by atoms with van der Waals surface area (Å²) in [5.41, 5.74) is 6.60. The van der Waals surface area contributed by atoms with E-state index in [0.29, 0.717) is 30.9 Å². The Labute approximate surface area is 95.2 Å². The highest BCUT2D eigenvalue weighted by Crippen LogP contribution is 2.11. The van der Waals surface area contributed by atoms with Crippen molar-refractivity contribution < 1.29 is 9.53 Å². The van der Waals surface area contributed by atoms with Crippen LogP contribution in [0.4, 0.5) is 5.69 Å². The number of anilines is 1. The minimum absolute atomic E-state index is 0.0838. The summed E-state index contributed by atoms with van der Waals surface area (Å²) in [6.07, 6.45) is 3.05. The van der Waals surface area contributed by atoms with Gasteiger partial charge in [0, 0.05) is 26.4 Å². The third kappa shape index (κ3) is 2.93. The van der Waals surface area contributed by atoms with E-state index in [-0.39, 0.29) is 5.91 Å². The Morgan fingerprint density at radius 2 is 2.38 bits per heavy atom. The van der Waals surface area contributed by atoms with Crippen LogP contribution in [-0.2, 0) is 4.74 Å². The van der Waals surface area contributed by atoms with Gasteiger partial charge >= 0.3 is 0 Å². The summed E-state index contributed by atoms with van der Waals surface area (Å²) in [4.78, 5) is 17.6. The normalized spacial score (nSPS) is 10.1. The molecule has 1 heterocycles. The van der Waals surface area contributed by atoms with Crippen molar-refractivity contribution >= 4 is 11.6 Å². The summed E-state index contributed by atoms with van der Waals surface area (Å²) in [5, 5.41) is 0. The fraction of sp³-hybridized carbons (Fsp3) is 0.455. The van der Waals surface area contributed by atoms with E-state index in [2.05, 4.69) is 4.98 Å². The quantitative estimate of drug-likeness (QED) is 0.800. The van der Waals surface area contributed by atoms with Crippen molar-refractivity contribution in [3.05, 3.63) is 24.0 Å². The third-order valence-corrected chi connectivity index (χ3v) is 2.32. The molecule has 2 N–H and O–H groups in total. The minimum atomic E-state index is -0.0838. The molecule has 0 fully saturated rings. The molecule has 0 aliphatic heterocycles. The highest BCUT2D eigenvalue weighted by atomic mass is 16.5. The molecule has 0 spiro atoms. The first-order valence-electron chi connectivity index (χ1n) is 5.18. The Morgan fingerprint density at radius 3 is 2.94 bits per heavy atom. The number of pyridine rings is 1. The SMILES string of the molecule is CCN(CCOC)C(=O)c1ccncc1N. The van der Waals surface area contributed by atoms with Gasteiger partial charge in [-0.1, -0.05) is 0 Å². The van der Waals surface area contributed by atoms with E-state index in [0.717, 1.165) is 0 Å². The average molecular weight is 223 g/mol. The van der Waals surface area contributed by atoms with Gasteiger partial charge in [-0.25, -0.2) is 0 Å². The number of hydrogen-bond donors (Lipinski definition) is 1. The fourth-order valence-electron chi connectivity index (χ4n) is 1.38. The molecule has 1 aromatic rings. The van der Waals surface area contributed by atoms with Gasteiger partial charge in [0.25, 0.3) is 5.91 Å². The molecule has 88 valence electrons.